The molecule has 1 rings (SSSR count). The van der Waals surface area contributed by atoms with Crippen LogP contribution in [-0.4, -0.2) is 17.6 Å². The van der Waals surface area contributed by atoms with Gasteiger partial charge in [-0.3, -0.25) is 0 Å². The van der Waals surface area contributed by atoms with E-state index in [1.807, 2.05) is 12.1 Å². The fourth-order valence-electron chi connectivity index (χ4n) is 0.470. The molecule has 207 valence electrons. The van der Waals surface area contributed by atoms with Crippen LogP contribution < -0.4 is 0 Å². The number of hydrogen-bond acceptors (Lipinski definition) is 0. The summed E-state index contributed by atoms with van der Waals surface area (Å²) in [5.74, 6) is 0. The summed E-state index contributed by atoms with van der Waals surface area (Å²) in [6, 6.07) is 8.24. The molecule has 0 spiro atoms. The molecule has 0 aliphatic carbocycles. The van der Waals surface area contributed by atoms with Gasteiger partial charge in [-0.25, -0.2) is 11.6 Å². The minimum absolute atomic E-state index is 0. The molecule has 5 radical (unpaired) electrons. The Hall–Kier alpha value is -1.67. The van der Waals surface area contributed by atoms with E-state index in [-0.39, 0.29) is 85.9 Å². The molecule has 0 atom stereocenters. The predicted molar refractivity (Wildman–Crippen MR) is 87.5 cm³/mol. The quantitative estimate of drug-likeness (QED) is 0.201. The molecule has 0 fully saturated rings. The van der Waals surface area contributed by atoms with Crippen molar-refractivity contribution in [2.24, 2.45) is 0 Å². The molecule has 0 bridgehead atoms. The number of aryl methyl sites for hydroxylation is 1. The Morgan fingerprint density at radius 1 is 0.410 bits per heavy atom. The first-order valence-electron chi connectivity index (χ1n) is 4.94. The van der Waals surface area contributed by atoms with Gasteiger partial charge in [0.05, 0.1) is 0 Å². The van der Waals surface area contributed by atoms with Crippen molar-refractivity contribution in [1.29, 1.82) is 0 Å². The molecule has 0 N–H and O–H groups in total. The Bertz CT molecular complexity index is 491. The zero-order valence-corrected chi connectivity index (χ0v) is 25.1. The van der Waals surface area contributed by atoms with Crippen molar-refractivity contribution in [3.05, 3.63) is 123 Å². The zero-order chi connectivity index (χ0) is 32.4. The van der Waals surface area contributed by atoms with Crippen LogP contribution in [0, 0.1) is 100 Å². The topological polar surface area (TPSA) is 279 Å². The molecule has 19 heteroatoms. The summed E-state index contributed by atoms with van der Waals surface area (Å²) >= 11 is 0. The van der Waals surface area contributed by atoms with Gasteiger partial charge in [0, 0.05) is 85.9 Å². The Balaban J connectivity index is -0.00000000659. The normalized spacial score (nSPS) is 2.08. The van der Waals surface area contributed by atoms with E-state index in [1.54, 1.807) is 0 Å². The Kier molecular flexibility index (Phi) is 6000. The van der Waals surface area contributed by atoms with Gasteiger partial charge in [0.2, 0.25) is 0 Å². The summed E-state index contributed by atoms with van der Waals surface area (Å²) in [6.45, 7) is 65.1. The standard InChI is InChI=1S/C6H7.14CO.3Fe.Ge.Mn/c1-6-4-2-3-5-6;14*1-2;;;;;/h2-5H,1H3;;;;;;;;;;;;;;;;;;;/q-1;;;;;;;;;;;;;;;;;;;. The molecule has 14 nitrogen and oxygen atoms in total. The SMILES string of the molecule is Cc1cc[cH-]c1.[C-]#[O+].[C-]#[O+].[C-]#[O+].[C-]#[O+].[C-]#[O+].[C-]#[O+].[C-]#[O+].[C-]#[O+].[C-]#[O+].[C-]#[O+].[C-]#[O+].[C-]#[O+].[C-]#[O+].[C-]#[O+].[Fe].[Fe].[Fe].[Ge].[Mn]. The van der Waals surface area contributed by atoms with Gasteiger partial charge < -0.3 is 0 Å². The van der Waals surface area contributed by atoms with Crippen molar-refractivity contribution in [1.82, 2.24) is 0 Å². The van der Waals surface area contributed by atoms with Crippen LogP contribution in [0.15, 0.2) is 24.3 Å². The van der Waals surface area contributed by atoms with E-state index in [1.165, 1.54) is 5.56 Å². The molecule has 0 saturated heterocycles. The van der Waals surface area contributed by atoms with Gasteiger partial charge in [-0.1, -0.05) is 6.92 Å². The van der Waals surface area contributed by atoms with Crippen LogP contribution in [0.1, 0.15) is 5.56 Å². The van der Waals surface area contributed by atoms with E-state index < -0.39 is 0 Å². The van der Waals surface area contributed by atoms with Crippen LogP contribution in [-0.2, 0) is 133 Å². The molecular weight excluding hydrogens is 759 g/mol. The van der Waals surface area contributed by atoms with E-state index in [4.69, 9.17) is 65.1 Å². The summed E-state index contributed by atoms with van der Waals surface area (Å²) in [4.78, 5) is 0. The maximum Gasteiger partial charge on any atom is 0 e. The van der Waals surface area contributed by atoms with E-state index >= 15 is 0 Å². The molecule has 1 aromatic rings. The summed E-state index contributed by atoms with van der Waals surface area (Å²) in [6.07, 6.45) is 0. The Labute approximate surface area is 279 Å². The van der Waals surface area contributed by atoms with E-state index in [0.29, 0.717) is 0 Å². The van der Waals surface area contributed by atoms with Crippen molar-refractivity contribution < 1.29 is 133 Å². The molecule has 0 aromatic heterocycles. The second kappa shape index (κ2) is 1600. The molecule has 0 heterocycles. The number of rotatable bonds is 0. The largest absolute Gasteiger partial charge is 0 e. The van der Waals surface area contributed by atoms with Gasteiger partial charge >= 0.3 is 158 Å². The van der Waals surface area contributed by atoms with E-state index in [2.05, 4.69) is 112 Å². The van der Waals surface area contributed by atoms with Crippen LogP contribution in [0.5, 0.6) is 0 Å². The van der Waals surface area contributed by atoms with Crippen molar-refractivity contribution >= 4 is 17.6 Å². The van der Waals surface area contributed by atoms with E-state index in [0.717, 1.165) is 0 Å². The third-order valence-corrected chi connectivity index (χ3v) is 0.829. The third kappa shape index (κ3) is 1510. The second-order valence-corrected chi connectivity index (χ2v) is 1.46. The van der Waals surface area contributed by atoms with Crippen molar-refractivity contribution in [3.63, 3.8) is 0 Å². The first-order chi connectivity index (χ1) is 16.9. The van der Waals surface area contributed by atoms with Crippen molar-refractivity contribution in [3.8, 4) is 0 Å². The van der Waals surface area contributed by atoms with Gasteiger partial charge in [-0.05, 0) is 0 Å². The van der Waals surface area contributed by atoms with Gasteiger partial charge in [-0.2, -0.15) is 18.2 Å². The average molecular weight is 766 g/mol. The molecule has 0 saturated carbocycles. The molecule has 0 amide bonds. The average Bonchev–Trinajstić information content (AvgIpc) is 3.54. The van der Waals surface area contributed by atoms with Gasteiger partial charge in [0.1, 0.15) is 0 Å². The molecule has 1 aromatic carbocycles. The minimum atomic E-state index is 0. The van der Waals surface area contributed by atoms with Crippen LogP contribution in [0.25, 0.3) is 0 Å². The van der Waals surface area contributed by atoms with E-state index in [9.17, 15) is 0 Å². The van der Waals surface area contributed by atoms with Gasteiger partial charge in [0.15, 0.2) is 0 Å². The van der Waals surface area contributed by atoms with Gasteiger partial charge in [-0.15, -0.1) is 0 Å². The molecule has 0 unspecified atom stereocenters. The summed E-state index contributed by atoms with van der Waals surface area (Å²) < 4.78 is 105. The van der Waals surface area contributed by atoms with Crippen molar-refractivity contribution in [2.45, 2.75) is 6.92 Å². The van der Waals surface area contributed by atoms with Crippen LogP contribution >= 0.6 is 0 Å². The third-order valence-electron chi connectivity index (χ3n) is 0.829. The van der Waals surface area contributed by atoms with Crippen LogP contribution in [0.4, 0.5) is 0 Å². The molecule has 0 aliphatic heterocycles. The second-order valence-electron chi connectivity index (χ2n) is 1.46. The Morgan fingerprint density at radius 2 is 0.538 bits per heavy atom. The monoisotopic (exact) mass is 768 g/mol. The first kappa shape index (κ1) is 147. The smallest absolute Gasteiger partial charge is 0 e. The predicted octanol–water partition coefficient (Wildman–Crippen LogP) is 0.798. The maximum atomic E-state index is 7.50. The number of hydrogen-bond donors (Lipinski definition) is 0. The van der Waals surface area contributed by atoms with Crippen LogP contribution in [0.3, 0.4) is 0 Å². The molecule has 39 heavy (non-hydrogen) atoms. The summed E-state index contributed by atoms with van der Waals surface area (Å²) in [5.41, 5.74) is 1.34. The molecule has 0 aliphatic rings. The molecular formula is C20H7Fe3GeMnO14-. The zero-order valence-electron chi connectivity index (χ0n) is 18.5. The maximum absolute atomic E-state index is 7.50. The van der Waals surface area contributed by atoms with Crippen molar-refractivity contribution in [2.75, 3.05) is 0 Å². The fraction of sp³-hybridized carbons (Fsp3) is 0.0500. The minimum Gasteiger partial charge on any atom is 0 e. The summed E-state index contributed by atoms with van der Waals surface area (Å²) in [7, 11) is 0. The van der Waals surface area contributed by atoms with Gasteiger partial charge in [0.25, 0.3) is 0 Å². The summed E-state index contributed by atoms with van der Waals surface area (Å²) in [5, 5.41) is 0. The van der Waals surface area contributed by atoms with Crippen LogP contribution in [0.2, 0.25) is 0 Å². The fourth-order valence-corrected chi connectivity index (χ4v) is 0.470. The first-order valence-corrected chi connectivity index (χ1v) is 4.94. The Morgan fingerprint density at radius 3 is 0.564 bits per heavy atom.